The Hall–Kier alpha value is -0.910. The first-order valence-corrected chi connectivity index (χ1v) is 7.65. The minimum absolute atomic E-state index is 0.201. The summed E-state index contributed by atoms with van der Waals surface area (Å²) in [4.78, 5) is 2.22. The van der Waals surface area contributed by atoms with Crippen LogP contribution in [0.1, 0.15) is 25.3 Å². The Labute approximate surface area is 129 Å². The van der Waals surface area contributed by atoms with Crippen LogP contribution in [0.4, 0.5) is 8.78 Å². The fraction of sp³-hybridized carbons (Fsp3) is 0.600. The first-order chi connectivity index (χ1) is 10.1. The number of nitrogens with one attached hydrogen (secondary N) is 1. The molecule has 0 spiro atoms. The minimum atomic E-state index is -2.82. The lowest BCUT2D eigenvalue weighted by Crippen LogP contribution is -2.37. The van der Waals surface area contributed by atoms with Crippen LogP contribution in [0.3, 0.4) is 0 Å². The first kappa shape index (κ1) is 16.5. The van der Waals surface area contributed by atoms with Gasteiger partial charge >= 0.3 is 6.61 Å². The average Bonchev–Trinajstić information content (AvgIpc) is 2.93. The third-order valence-electron chi connectivity index (χ3n) is 3.72. The quantitative estimate of drug-likeness (QED) is 0.832. The molecule has 1 saturated heterocycles. The molecule has 1 aromatic carbocycles. The summed E-state index contributed by atoms with van der Waals surface area (Å²) < 4.78 is 29.5. The molecule has 0 bridgehead atoms. The van der Waals surface area contributed by atoms with Crippen LogP contribution in [0.15, 0.2) is 18.2 Å². The van der Waals surface area contributed by atoms with Crippen molar-refractivity contribution in [3.63, 3.8) is 0 Å². The van der Waals surface area contributed by atoms with Gasteiger partial charge in [0.25, 0.3) is 0 Å². The van der Waals surface area contributed by atoms with E-state index in [1.807, 2.05) is 0 Å². The Morgan fingerprint density at radius 1 is 1.48 bits per heavy atom. The van der Waals surface area contributed by atoms with Crippen molar-refractivity contribution in [2.45, 2.75) is 39.0 Å². The number of hydrogen-bond donors (Lipinski definition) is 1. The van der Waals surface area contributed by atoms with E-state index in [0.717, 1.165) is 26.1 Å². The second-order valence-corrected chi connectivity index (χ2v) is 5.69. The van der Waals surface area contributed by atoms with Gasteiger partial charge < -0.3 is 10.1 Å². The molecule has 2 rings (SSSR count). The number of likely N-dealkylation sites (N-methyl/N-ethyl adjacent to an activating group) is 1. The summed E-state index contributed by atoms with van der Waals surface area (Å²) in [5.41, 5.74) is 0.697. The van der Waals surface area contributed by atoms with E-state index in [9.17, 15) is 8.78 Å². The van der Waals surface area contributed by atoms with Gasteiger partial charge in [-0.15, -0.1) is 0 Å². The Morgan fingerprint density at radius 3 is 2.90 bits per heavy atom. The third kappa shape index (κ3) is 5.09. The second-order valence-electron chi connectivity index (χ2n) is 5.25. The van der Waals surface area contributed by atoms with E-state index in [4.69, 9.17) is 11.6 Å². The molecular weight excluding hydrogens is 298 g/mol. The highest BCUT2D eigenvalue weighted by molar-refractivity contribution is 6.30. The molecule has 0 amide bonds. The van der Waals surface area contributed by atoms with Crippen molar-refractivity contribution in [2.75, 3.05) is 19.6 Å². The lowest BCUT2D eigenvalue weighted by atomic mass is 10.1. The molecule has 6 heteroatoms. The summed E-state index contributed by atoms with van der Waals surface area (Å²) >= 11 is 5.98. The normalized spacial score (nSPS) is 18.7. The molecule has 1 heterocycles. The molecule has 1 atom stereocenters. The van der Waals surface area contributed by atoms with Crippen molar-refractivity contribution in [1.82, 2.24) is 10.2 Å². The molecule has 1 aromatic rings. The smallest absolute Gasteiger partial charge is 0.387 e. The van der Waals surface area contributed by atoms with Gasteiger partial charge in [-0.25, -0.2) is 0 Å². The summed E-state index contributed by atoms with van der Waals surface area (Å²) in [7, 11) is 0. The van der Waals surface area contributed by atoms with Gasteiger partial charge in [-0.3, -0.25) is 4.90 Å². The van der Waals surface area contributed by atoms with E-state index in [-0.39, 0.29) is 5.75 Å². The highest BCUT2D eigenvalue weighted by Crippen LogP contribution is 2.26. The molecule has 1 unspecified atom stereocenters. The van der Waals surface area contributed by atoms with Crippen molar-refractivity contribution in [3.05, 3.63) is 28.8 Å². The van der Waals surface area contributed by atoms with Crippen LogP contribution in [0.2, 0.25) is 5.02 Å². The van der Waals surface area contributed by atoms with E-state index < -0.39 is 6.61 Å². The van der Waals surface area contributed by atoms with Crippen LogP contribution < -0.4 is 10.1 Å². The summed E-state index contributed by atoms with van der Waals surface area (Å²) in [6.07, 6.45) is 2.35. The van der Waals surface area contributed by atoms with Crippen molar-refractivity contribution in [2.24, 2.45) is 0 Å². The van der Waals surface area contributed by atoms with Gasteiger partial charge in [0, 0.05) is 29.7 Å². The molecule has 1 aliphatic rings. The Balaban J connectivity index is 2.05. The van der Waals surface area contributed by atoms with Gasteiger partial charge in [-0.2, -0.15) is 8.78 Å². The summed E-state index contributed by atoms with van der Waals surface area (Å²) in [5, 5.41) is 3.98. The lowest BCUT2D eigenvalue weighted by Gasteiger charge is -2.25. The largest absolute Gasteiger partial charge is 0.434 e. The van der Waals surface area contributed by atoms with E-state index >= 15 is 0 Å². The number of halogens is 3. The SMILES string of the molecule is CCN(Cc1cc(Cl)ccc1OC(F)F)CC1CCCN1. The summed E-state index contributed by atoms with van der Waals surface area (Å²) in [6, 6.07) is 5.25. The minimum Gasteiger partial charge on any atom is -0.434 e. The zero-order valence-electron chi connectivity index (χ0n) is 12.1. The molecule has 118 valence electrons. The number of rotatable bonds is 7. The summed E-state index contributed by atoms with van der Waals surface area (Å²) in [5.74, 6) is 0.201. The maximum atomic E-state index is 12.5. The van der Waals surface area contributed by atoms with Gasteiger partial charge in [0.05, 0.1) is 0 Å². The van der Waals surface area contributed by atoms with E-state index in [2.05, 4.69) is 21.9 Å². The topological polar surface area (TPSA) is 24.5 Å². The number of alkyl halides is 2. The van der Waals surface area contributed by atoms with Gasteiger partial charge in [0.15, 0.2) is 0 Å². The molecule has 1 aliphatic heterocycles. The van der Waals surface area contributed by atoms with Crippen LogP contribution in [0.25, 0.3) is 0 Å². The molecule has 1 fully saturated rings. The van der Waals surface area contributed by atoms with Crippen LogP contribution in [-0.2, 0) is 6.54 Å². The molecule has 0 radical (unpaired) electrons. The molecule has 21 heavy (non-hydrogen) atoms. The Morgan fingerprint density at radius 2 is 2.29 bits per heavy atom. The molecule has 0 aromatic heterocycles. The Bertz CT molecular complexity index is 453. The number of ether oxygens (including phenoxy) is 1. The van der Waals surface area contributed by atoms with Crippen molar-refractivity contribution < 1.29 is 13.5 Å². The number of benzene rings is 1. The fourth-order valence-corrected chi connectivity index (χ4v) is 2.85. The number of nitrogens with zero attached hydrogens (tertiary/aromatic N) is 1. The van der Waals surface area contributed by atoms with Crippen molar-refractivity contribution >= 4 is 11.6 Å². The zero-order chi connectivity index (χ0) is 15.2. The highest BCUT2D eigenvalue weighted by atomic mass is 35.5. The van der Waals surface area contributed by atoms with Crippen LogP contribution >= 0.6 is 11.6 Å². The standard InChI is InChI=1S/C15H21ClF2N2O/c1-2-20(10-13-4-3-7-19-13)9-11-8-12(16)5-6-14(11)21-15(17)18/h5-6,8,13,15,19H,2-4,7,9-10H2,1H3. The monoisotopic (exact) mass is 318 g/mol. The van der Waals surface area contributed by atoms with E-state index in [0.29, 0.717) is 23.2 Å². The van der Waals surface area contributed by atoms with Gasteiger partial charge in [-0.05, 0) is 44.1 Å². The number of hydrogen-bond acceptors (Lipinski definition) is 3. The van der Waals surface area contributed by atoms with Crippen molar-refractivity contribution in [1.29, 1.82) is 0 Å². The molecule has 0 saturated carbocycles. The molecule has 1 N–H and O–H groups in total. The lowest BCUT2D eigenvalue weighted by molar-refractivity contribution is -0.0507. The van der Waals surface area contributed by atoms with Gasteiger partial charge in [0.1, 0.15) is 5.75 Å². The molecule has 0 aliphatic carbocycles. The second kappa shape index (κ2) is 7.92. The van der Waals surface area contributed by atoms with E-state index in [1.165, 1.54) is 12.5 Å². The predicted molar refractivity (Wildman–Crippen MR) is 80.1 cm³/mol. The zero-order valence-corrected chi connectivity index (χ0v) is 12.9. The predicted octanol–water partition coefficient (Wildman–Crippen LogP) is 3.52. The van der Waals surface area contributed by atoms with Crippen LogP contribution in [-0.4, -0.2) is 37.2 Å². The van der Waals surface area contributed by atoms with Gasteiger partial charge in [0.2, 0.25) is 0 Å². The van der Waals surface area contributed by atoms with Crippen LogP contribution in [0, 0.1) is 0 Å². The van der Waals surface area contributed by atoms with E-state index in [1.54, 1.807) is 12.1 Å². The Kier molecular flexibility index (Phi) is 6.21. The maximum Gasteiger partial charge on any atom is 0.387 e. The molecule has 3 nitrogen and oxygen atoms in total. The average molecular weight is 319 g/mol. The van der Waals surface area contributed by atoms with Crippen LogP contribution in [0.5, 0.6) is 5.75 Å². The first-order valence-electron chi connectivity index (χ1n) is 7.27. The summed E-state index contributed by atoms with van der Waals surface area (Å²) in [6.45, 7) is 2.59. The third-order valence-corrected chi connectivity index (χ3v) is 3.96. The fourth-order valence-electron chi connectivity index (χ4n) is 2.65. The maximum absolute atomic E-state index is 12.5. The molecular formula is C15H21ClF2N2O. The van der Waals surface area contributed by atoms with Gasteiger partial charge in [-0.1, -0.05) is 18.5 Å². The van der Waals surface area contributed by atoms with Crippen molar-refractivity contribution in [3.8, 4) is 5.75 Å². The highest BCUT2D eigenvalue weighted by Gasteiger charge is 2.19.